The van der Waals surface area contributed by atoms with Crippen molar-refractivity contribution in [2.75, 3.05) is 7.05 Å². The van der Waals surface area contributed by atoms with Crippen molar-refractivity contribution in [3.8, 4) is 0 Å². The fourth-order valence-corrected chi connectivity index (χ4v) is 1.99. The molecule has 0 unspecified atom stereocenters. The second-order valence-electron chi connectivity index (χ2n) is 3.66. The minimum absolute atomic E-state index is 0.375. The lowest BCUT2D eigenvalue weighted by atomic mass is 9.83. The summed E-state index contributed by atoms with van der Waals surface area (Å²) in [5, 5.41) is 3.27. The molecule has 0 bridgehead atoms. The van der Waals surface area contributed by atoms with Crippen LogP contribution in [0.4, 0.5) is 0 Å². The molecule has 2 heteroatoms. The van der Waals surface area contributed by atoms with Crippen molar-refractivity contribution in [3.63, 3.8) is 0 Å². The largest absolute Gasteiger partial charge is 0.317 e. The van der Waals surface area contributed by atoms with Gasteiger partial charge in [0.15, 0.2) is 0 Å². The number of carbonyl (C=O) groups is 1. The zero-order valence-corrected chi connectivity index (χ0v) is 8.10. The van der Waals surface area contributed by atoms with E-state index in [1.165, 1.54) is 12.8 Å². The molecule has 2 nitrogen and oxygen atoms in total. The van der Waals surface area contributed by atoms with Gasteiger partial charge in [0.05, 0.1) is 0 Å². The molecule has 0 saturated heterocycles. The molecule has 70 valence electrons. The first kappa shape index (κ1) is 9.72. The third-order valence-electron chi connectivity index (χ3n) is 2.94. The molecule has 12 heavy (non-hydrogen) atoms. The highest BCUT2D eigenvalue weighted by molar-refractivity contribution is 5.80. The number of nitrogens with one attached hydrogen (secondary N) is 1. The monoisotopic (exact) mass is 169 g/mol. The van der Waals surface area contributed by atoms with Crippen LogP contribution in [0.5, 0.6) is 0 Å². The van der Waals surface area contributed by atoms with Crippen LogP contribution in [0.15, 0.2) is 0 Å². The molecule has 0 amide bonds. The van der Waals surface area contributed by atoms with Crippen molar-refractivity contribution in [1.29, 1.82) is 0 Å². The molecule has 1 fully saturated rings. The van der Waals surface area contributed by atoms with Crippen LogP contribution in [0.1, 0.15) is 39.0 Å². The zero-order valence-electron chi connectivity index (χ0n) is 8.10. The Labute approximate surface area is 74.7 Å². The molecule has 1 aliphatic rings. The molecule has 0 aromatic rings. The summed E-state index contributed by atoms with van der Waals surface area (Å²) in [4.78, 5) is 11.3. The van der Waals surface area contributed by atoms with E-state index in [1.807, 2.05) is 14.0 Å². The van der Waals surface area contributed by atoms with Crippen molar-refractivity contribution in [3.05, 3.63) is 0 Å². The van der Waals surface area contributed by atoms with Crippen molar-refractivity contribution < 1.29 is 4.79 Å². The number of hydrogen-bond donors (Lipinski definition) is 1. The van der Waals surface area contributed by atoms with Gasteiger partial charge in [-0.25, -0.2) is 0 Å². The van der Waals surface area contributed by atoms with Gasteiger partial charge in [-0.2, -0.15) is 0 Å². The molecule has 0 spiro atoms. The molecule has 1 N–H and O–H groups in total. The Balaban J connectivity index is 2.30. The first-order valence-corrected chi connectivity index (χ1v) is 4.98. The van der Waals surface area contributed by atoms with Crippen LogP contribution in [0.25, 0.3) is 0 Å². The minimum atomic E-state index is 0.375. The SMILES string of the molecule is CCC(=O)C1CCC(NC)CC1. The van der Waals surface area contributed by atoms with E-state index in [0.29, 0.717) is 17.7 Å². The standard InChI is InChI=1S/C10H19NO/c1-3-10(12)8-4-6-9(11-2)7-5-8/h8-9,11H,3-7H2,1-2H3. The third kappa shape index (κ3) is 2.31. The maximum Gasteiger partial charge on any atom is 0.135 e. The average Bonchev–Trinajstić information content (AvgIpc) is 2.17. The number of rotatable bonds is 3. The Morgan fingerprint density at radius 3 is 2.33 bits per heavy atom. The van der Waals surface area contributed by atoms with E-state index < -0.39 is 0 Å². The predicted molar refractivity (Wildman–Crippen MR) is 50.1 cm³/mol. The Bertz CT molecular complexity index is 148. The fourth-order valence-electron chi connectivity index (χ4n) is 1.99. The topological polar surface area (TPSA) is 29.1 Å². The Hall–Kier alpha value is -0.370. The Morgan fingerprint density at radius 1 is 1.33 bits per heavy atom. The van der Waals surface area contributed by atoms with Crippen molar-refractivity contribution in [1.82, 2.24) is 5.32 Å². The van der Waals surface area contributed by atoms with E-state index in [2.05, 4.69) is 5.32 Å². The molecule has 0 heterocycles. The lowest BCUT2D eigenvalue weighted by Crippen LogP contribution is -2.32. The van der Waals surface area contributed by atoms with E-state index in [9.17, 15) is 4.79 Å². The summed E-state index contributed by atoms with van der Waals surface area (Å²) in [6, 6.07) is 0.658. The summed E-state index contributed by atoms with van der Waals surface area (Å²) in [7, 11) is 2.01. The number of hydrogen-bond acceptors (Lipinski definition) is 2. The molecular weight excluding hydrogens is 150 g/mol. The second-order valence-corrected chi connectivity index (χ2v) is 3.66. The summed E-state index contributed by atoms with van der Waals surface area (Å²) >= 11 is 0. The molecule has 0 aromatic carbocycles. The molecule has 1 saturated carbocycles. The van der Waals surface area contributed by atoms with Gasteiger partial charge in [-0.15, -0.1) is 0 Å². The van der Waals surface area contributed by atoms with Gasteiger partial charge in [0, 0.05) is 18.4 Å². The van der Waals surface area contributed by atoms with Crippen LogP contribution < -0.4 is 5.32 Å². The summed E-state index contributed by atoms with van der Waals surface area (Å²) in [6.07, 6.45) is 5.26. The first-order chi connectivity index (χ1) is 5.77. The summed E-state index contributed by atoms with van der Waals surface area (Å²) < 4.78 is 0. The second kappa shape index (κ2) is 4.61. The smallest absolute Gasteiger partial charge is 0.135 e. The summed E-state index contributed by atoms with van der Waals surface area (Å²) in [5.74, 6) is 0.837. The van der Waals surface area contributed by atoms with Gasteiger partial charge in [0.25, 0.3) is 0 Å². The number of Topliss-reactive ketones (excluding diaryl/α,β-unsaturated/α-hetero) is 1. The Kier molecular flexibility index (Phi) is 3.73. The molecule has 1 rings (SSSR count). The van der Waals surface area contributed by atoms with Gasteiger partial charge in [-0.1, -0.05) is 6.92 Å². The molecule has 0 radical (unpaired) electrons. The summed E-state index contributed by atoms with van der Waals surface area (Å²) in [6.45, 7) is 1.96. The normalized spacial score (nSPS) is 30.2. The van der Waals surface area contributed by atoms with Crippen molar-refractivity contribution >= 4 is 5.78 Å². The van der Waals surface area contributed by atoms with Crippen LogP contribution >= 0.6 is 0 Å². The van der Waals surface area contributed by atoms with Crippen LogP contribution in [0.3, 0.4) is 0 Å². The van der Waals surface area contributed by atoms with Crippen molar-refractivity contribution in [2.45, 2.75) is 45.1 Å². The minimum Gasteiger partial charge on any atom is -0.317 e. The number of ketones is 1. The quantitative estimate of drug-likeness (QED) is 0.697. The maximum atomic E-state index is 11.3. The van der Waals surface area contributed by atoms with Gasteiger partial charge < -0.3 is 5.32 Å². The highest BCUT2D eigenvalue weighted by Crippen LogP contribution is 2.25. The fraction of sp³-hybridized carbons (Fsp3) is 0.900. The van der Waals surface area contributed by atoms with Crippen LogP contribution in [0.2, 0.25) is 0 Å². The highest BCUT2D eigenvalue weighted by Gasteiger charge is 2.23. The zero-order chi connectivity index (χ0) is 8.97. The van der Waals surface area contributed by atoms with Gasteiger partial charge in [-0.05, 0) is 32.7 Å². The van der Waals surface area contributed by atoms with Gasteiger partial charge in [0.2, 0.25) is 0 Å². The van der Waals surface area contributed by atoms with Gasteiger partial charge >= 0.3 is 0 Å². The third-order valence-corrected chi connectivity index (χ3v) is 2.94. The summed E-state index contributed by atoms with van der Waals surface area (Å²) in [5.41, 5.74) is 0. The first-order valence-electron chi connectivity index (χ1n) is 4.98. The molecule has 0 aromatic heterocycles. The van der Waals surface area contributed by atoms with E-state index in [0.717, 1.165) is 19.3 Å². The van der Waals surface area contributed by atoms with Crippen LogP contribution in [-0.4, -0.2) is 18.9 Å². The molecule has 0 atom stereocenters. The lowest BCUT2D eigenvalue weighted by Gasteiger charge is -2.26. The predicted octanol–water partition coefficient (Wildman–Crippen LogP) is 1.74. The highest BCUT2D eigenvalue weighted by atomic mass is 16.1. The molecule has 0 aliphatic heterocycles. The van der Waals surface area contributed by atoms with E-state index in [-0.39, 0.29) is 0 Å². The maximum absolute atomic E-state index is 11.3. The van der Waals surface area contributed by atoms with E-state index in [1.54, 1.807) is 0 Å². The van der Waals surface area contributed by atoms with Crippen LogP contribution in [-0.2, 0) is 4.79 Å². The molecule has 1 aliphatic carbocycles. The van der Waals surface area contributed by atoms with E-state index >= 15 is 0 Å². The molecular formula is C10H19NO. The van der Waals surface area contributed by atoms with Gasteiger partial charge in [-0.3, -0.25) is 4.79 Å². The lowest BCUT2D eigenvalue weighted by molar-refractivity contribution is -0.123. The van der Waals surface area contributed by atoms with Gasteiger partial charge in [0.1, 0.15) is 5.78 Å². The van der Waals surface area contributed by atoms with Crippen LogP contribution in [0, 0.1) is 5.92 Å². The average molecular weight is 169 g/mol. The van der Waals surface area contributed by atoms with E-state index in [4.69, 9.17) is 0 Å². The number of carbonyl (C=O) groups excluding carboxylic acids is 1. The Morgan fingerprint density at radius 2 is 1.92 bits per heavy atom. The van der Waals surface area contributed by atoms with Crippen molar-refractivity contribution in [2.24, 2.45) is 5.92 Å².